The highest BCUT2D eigenvalue weighted by Crippen LogP contribution is 2.36. The third-order valence-corrected chi connectivity index (χ3v) is 4.76. The molecule has 13 heteroatoms. The van der Waals surface area contributed by atoms with Crippen molar-refractivity contribution in [2.24, 2.45) is 10.7 Å². The van der Waals surface area contributed by atoms with E-state index in [9.17, 15) is 13.2 Å². The van der Waals surface area contributed by atoms with Gasteiger partial charge >= 0.3 is 6.18 Å². The summed E-state index contributed by atoms with van der Waals surface area (Å²) in [7, 11) is 1.49. The van der Waals surface area contributed by atoms with Gasteiger partial charge in [0.25, 0.3) is 0 Å². The molecule has 0 saturated heterocycles. The number of nitrogens with two attached hydrogens (primary N) is 1. The number of H-pyrrole nitrogens is 1. The molecule has 0 amide bonds. The Labute approximate surface area is 190 Å². The van der Waals surface area contributed by atoms with Gasteiger partial charge in [0, 0.05) is 17.3 Å². The molecule has 0 radical (unpaired) electrons. The highest BCUT2D eigenvalue weighted by Gasteiger charge is 2.33. The number of halogens is 4. The number of aromatic amines is 1. The van der Waals surface area contributed by atoms with Crippen molar-refractivity contribution in [1.29, 1.82) is 0 Å². The molecule has 4 rings (SSSR count). The summed E-state index contributed by atoms with van der Waals surface area (Å²) in [6, 6.07) is 10.3. The molecule has 0 saturated carbocycles. The van der Waals surface area contributed by atoms with Gasteiger partial charge in [-0.3, -0.25) is 10.4 Å². The molecule has 33 heavy (non-hydrogen) atoms. The molecule has 3 aromatic rings. The summed E-state index contributed by atoms with van der Waals surface area (Å²) < 4.78 is 50.0. The van der Waals surface area contributed by atoms with E-state index in [1.807, 2.05) is 0 Å². The molecular weight excluding hydrogens is 463 g/mol. The third kappa shape index (κ3) is 5.29. The second kappa shape index (κ2) is 8.90. The van der Waals surface area contributed by atoms with E-state index in [-0.39, 0.29) is 17.6 Å². The number of hydrogen-bond acceptors (Lipinski definition) is 8. The Morgan fingerprint density at radius 2 is 1.91 bits per heavy atom. The molecule has 172 valence electrons. The summed E-state index contributed by atoms with van der Waals surface area (Å²) in [5.41, 5.74) is 5.56. The molecule has 1 aliphatic rings. The van der Waals surface area contributed by atoms with E-state index in [2.05, 4.69) is 30.8 Å². The van der Waals surface area contributed by atoms with Gasteiger partial charge in [0.2, 0.25) is 12.2 Å². The van der Waals surface area contributed by atoms with Gasteiger partial charge in [-0.2, -0.15) is 18.2 Å². The number of nitrogens with zero attached hydrogens (tertiary/aromatic N) is 3. The minimum absolute atomic E-state index is 0.0949. The van der Waals surface area contributed by atoms with Crippen LogP contribution in [0.4, 0.5) is 24.8 Å². The monoisotopic (exact) mass is 479 g/mol. The summed E-state index contributed by atoms with van der Waals surface area (Å²) in [5.74, 6) is 1.61. The number of guanidine groups is 1. The first-order chi connectivity index (χ1) is 15.7. The molecule has 2 aromatic carbocycles. The Bertz CT molecular complexity index is 1210. The van der Waals surface area contributed by atoms with Gasteiger partial charge in [0.1, 0.15) is 5.75 Å². The predicted molar refractivity (Wildman–Crippen MR) is 116 cm³/mol. The fourth-order valence-corrected chi connectivity index (χ4v) is 3.14. The normalized spacial score (nSPS) is 15.8. The van der Waals surface area contributed by atoms with Crippen LogP contribution in [0.2, 0.25) is 5.02 Å². The van der Waals surface area contributed by atoms with Gasteiger partial charge in [0.05, 0.1) is 17.7 Å². The molecule has 0 aliphatic carbocycles. The van der Waals surface area contributed by atoms with Crippen LogP contribution in [0.1, 0.15) is 5.56 Å². The zero-order valence-electron chi connectivity index (χ0n) is 16.9. The molecule has 5 N–H and O–H groups in total. The standard InChI is InChI=1S/C20H17ClF3N7O2/c1-32-15-9-16(28-18(25)27-15)33-12-5-2-10(3-6-12)17-29-19(31-30-17)26-11-4-7-14(21)13(8-11)20(22,23)24/h2-9,16H,1H3,(H3,25,27,28)(H2,26,29,30,31). The Morgan fingerprint density at radius 1 is 1.15 bits per heavy atom. The molecule has 1 unspecified atom stereocenters. The van der Waals surface area contributed by atoms with Crippen LogP contribution < -0.4 is 21.1 Å². The van der Waals surface area contributed by atoms with Crippen LogP contribution in [0.15, 0.2) is 59.4 Å². The van der Waals surface area contributed by atoms with Crippen LogP contribution in [-0.4, -0.2) is 34.5 Å². The summed E-state index contributed by atoms with van der Waals surface area (Å²) in [4.78, 5) is 8.38. The Balaban J connectivity index is 1.45. The van der Waals surface area contributed by atoms with Crippen molar-refractivity contribution in [3.63, 3.8) is 0 Å². The average Bonchev–Trinajstić information content (AvgIpc) is 3.23. The maximum Gasteiger partial charge on any atom is 0.417 e. The topological polar surface area (TPSA) is 122 Å². The van der Waals surface area contributed by atoms with E-state index >= 15 is 0 Å². The minimum Gasteiger partial charge on any atom is -0.482 e. The zero-order chi connectivity index (χ0) is 23.6. The van der Waals surface area contributed by atoms with Gasteiger partial charge in [-0.1, -0.05) is 11.6 Å². The van der Waals surface area contributed by atoms with Crippen molar-refractivity contribution in [1.82, 2.24) is 20.5 Å². The number of aromatic nitrogens is 3. The lowest BCUT2D eigenvalue weighted by molar-refractivity contribution is -0.137. The lowest BCUT2D eigenvalue weighted by Gasteiger charge is -2.19. The summed E-state index contributed by atoms with van der Waals surface area (Å²) in [5, 5.41) is 11.8. The highest BCUT2D eigenvalue weighted by atomic mass is 35.5. The van der Waals surface area contributed by atoms with E-state index < -0.39 is 23.0 Å². The quantitative estimate of drug-likeness (QED) is 0.421. The van der Waals surface area contributed by atoms with E-state index in [1.165, 1.54) is 13.2 Å². The van der Waals surface area contributed by atoms with Crippen LogP contribution in [0.5, 0.6) is 5.75 Å². The Kier molecular flexibility index (Phi) is 6.01. The molecule has 2 heterocycles. The van der Waals surface area contributed by atoms with Crippen LogP contribution in [0.25, 0.3) is 11.4 Å². The van der Waals surface area contributed by atoms with Crippen LogP contribution in [0.3, 0.4) is 0 Å². The fourth-order valence-electron chi connectivity index (χ4n) is 2.91. The summed E-state index contributed by atoms with van der Waals surface area (Å²) in [6.45, 7) is 0. The maximum atomic E-state index is 13.0. The molecule has 0 bridgehead atoms. The SMILES string of the molecule is COC1=CC(Oc2ccc(-c3nc(Nc4ccc(Cl)c(C(F)(F)F)c4)n[nH]3)cc2)N=C(N)N1. The third-order valence-electron chi connectivity index (χ3n) is 4.43. The van der Waals surface area contributed by atoms with E-state index in [1.54, 1.807) is 30.3 Å². The van der Waals surface area contributed by atoms with Gasteiger partial charge in [-0.05, 0) is 42.5 Å². The van der Waals surface area contributed by atoms with Crippen molar-refractivity contribution in [3.05, 3.63) is 65.0 Å². The van der Waals surface area contributed by atoms with Crippen molar-refractivity contribution in [3.8, 4) is 17.1 Å². The highest BCUT2D eigenvalue weighted by molar-refractivity contribution is 6.31. The van der Waals surface area contributed by atoms with Crippen LogP contribution in [-0.2, 0) is 10.9 Å². The Hall–Kier alpha value is -3.93. The fraction of sp³-hybridized carbons (Fsp3) is 0.150. The molecular formula is C20H17ClF3N7O2. The number of benzene rings is 2. The van der Waals surface area contributed by atoms with Gasteiger partial charge in [0.15, 0.2) is 17.7 Å². The number of aliphatic imine (C=N–C) groups is 1. The maximum absolute atomic E-state index is 13.0. The number of ether oxygens (including phenoxy) is 2. The van der Waals surface area contributed by atoms with Gasteiger partial charge < -0.3 is 20.5 Å². The molecule has 0 spiro atoms. The number of nitrogens with one attached hydrogen (secondary N) is 3. The first-order valence-corrected chi connectivity index (χ1v) is 9.78. The second-order valence-corrected chi connectivity index (χ2v) is 7.14. The molecule has 0 fully saturated rings. The largest absolute Gasteiger partial charge is 0.482 e. The number of alkyl halides is 3. The van der Waals surface area contributed by atoms with Crippen LogP contribution >= 0.6 is 11.6 Å². The van der Waals surface area contributed by atoms with Crippen LogP contribution in [0, 0.1) is 0 Å². The Morgan fingerprint density at radius 3 is 2.61 bits per heavy atom. The summed E-state index contributed by atoms with van der Waals surface area (Å²) >= 11 is 5.64. The van der Waals surface area contributed by atoms with Crippen molar-refractivity contribution in [2.75, 3.05) is 12.4 Å². The first-order valence-electron chi connectivity index (χ1n) is 9.40. The molecule has 1 aliphatic heterocycles. The number of anilines is 2. The van der Waals surface area contributed by atoms with E-state index in [0.717, 1.165) is 12.1 Å². The lowest BCUT2D eigenvalue weighted by Crippen LogP contribution is -2.37. The first kappa shape index (κ1) is 22.3. The number of methoxy groups -OCH3 is 1. The number of hydrogen-bond donors (Lipinski definition) is 4. The lowest BCUT2D eigenvalue weighted by atomic mass is 10.2. The van der Waals surface area contributed by atoms with Crippen molar-refractivity contribution >= 4 is 29.2 Å². The van der Waals surface area contributed by atoms with Crippen molar-refractivity contribution in [2.45, 2.75) is 12.4 Å². The second-order valence-electron chi connectivity index (χ2n) is 6.73. The van der Waals surface area contributed by atoms with E-state index in [0.29, 0.717) is 23.0 Å². The molecule has 9 nitrogen and oxygen atoms in total. The molecule has 1 aromatic heterocycles. The van der Waals surface area contributed by atoms with E-state index in [4.69, 9.17) is 26.8 Å². The number of rotatable bonds is 6. The zero-order valence-corrected chi connectivity index (χ0v) is 17.7. The smallest absolute Gasteiger partial charge is 0.417 e. The molecule has 1 atom stereocenters. The minimum atomic E-state index is -4.57. The average molecular weight is 480 g/mol. The van der Waals surface area contributed by atoms with Crippen molar-refractivity contribution < 1.29 is 22.6 Å². The van der Waals surface area contributed by atoms with Gasteiger partial charge in [-0.15, -0.1) is 5.10 Å². The predicted octanol–water partition coefficient (Wildman–Crippen LogP) is 4.00. The van der Waals surface area contributed by atoms with Gasteiger partial charge in [-0.25, -0.2) is 4.99 Å². The summed E-state index contributed by atoms with van der Waals surface area (Å²) in [6.07, 6.45) is -3.61.